The van der Waals surface area contributed by atoms with Crippen LogP contribution >= 0.6 is 0 Å². The highest BCUT2D eigenvalue weighted by molar-refractivity contribution is 5.92. The lowest BCUT2D eigenvalue weighted by molar-refractivity contribution is -0.151. The van der Waals surface area contributed by atoms with Crippen LogP contribution in [0.15, 0.2) is 40.9 Å². The number of benzene rings is 1. The molecule has 0 spiro atoms. The summed E-state index contributed by atoms with van der Waals surface area (Å²) in [5.41, 5.74) is 0.878. The van der Waals surface area contributed by atoms with Gasteiger partial charge in [0.15, 0.2) is 0 Å². The van der Waals surface area contributed by atoms with Gasteiger partial charge in [0, 0.05) is 44.6 Å². The zero-order valence-electron chi connectivity index (χ0n) is 16.4. The molecule has 0 saturated carbocycles. The van der Waals surface area contributed by atoms with Crippen molar-refractivity contribution in [2.75, 3.05) is 19.6 Å². The maximum Gasteiger partial charge on any atom is 0.249 e. The van der Waals surface area contributed by atoms with E-state index in [1.807, 2.05) is 41.3 Å². The van der Waals surface area contributed by atoms with E-state index in [-0.39, 0.29) is 11.8 Å². The van der Waals surface area contributed by atoms with Crippen molar-refractivity contribution in [1.29, 1.82) is 0 Å². The highest BCUT2D eigenvalue weighted by Crippen LogP contribution is 2.36. The molecular formula is C22H27N3O3. The fourth-order valence-electron chi connectivity index (χ4n) is 4.64. The largest absolute Gasteiger partial charge is 0.361 e. The monoisotopic (exact) mass is 381 g/mol. The van der Waals surface area contributed by atoms with Crippen LogP contribution in [0.5, 0.6) is 0 Å². The number of carbonyl (C=O) groups is 2. The quantitative estimate of drug-likeness (QED) is 0.815. The third-order valence-corrected chi connectivity index (χ3v) is 6.01. The van der Waals surface area contributed by atoms with Crippen molar-refractivity contribution in [3.05, 3.63) is 42.2 Å². The van der Waals surface area contributed by atoms with Gasteiger partial charge < -0.3 is 14.3 Å². The third-order valence-electron chi connectivity index (χ3n) is 6.01. The van der Waals surface area contributed by atoms with E-state index in [1.54, 1.807) is 11.8 Å². The van der Waals surface area contributed by atoms with Crippen LogP contribution in [0.4, 0.5) is 0 Å². The molecule has 1 unspecified atom stereocenters. The summed E-state index contributed by atoms with van der Waals surface area (Å²) < 4.78 is 5.61. The summed E-state index contributed by atoms with van der Waals surface area (Å²) in [5, 5.41) is 4.20. The van der Waals surface area contributed by atoms with Crippen LogP contribution in [0.1, 0.15) is 44.8 Å². The van der Waals surface area contributed by atoms with Crippen LogP contribution in [0, 0.1) is 0 Å². The van der Waals surface area contributed by atoms with Gasteiger partial charge in [-0.2, -0.15) is 0 Å². The van der Waals surface area contributed by atoms with E-state index in [1.165, 1.54) is 0 Å². The second-order valence-corrected chi connectivity index (χ2v) is 7.88. The number of rotatable bonds is 4. The van der Waals surface area contributed by atoms with Crippen LogP contribution in [-0.4, -0.2) is 51.9 Å². The van der Waals surface area contributed by atoms with Crippen molar-refractivity contribution in [3.8, 4) is 11.3 Å². The molecule has 6 heteroatoms. The minimum Gasteiger partial charge on any atom is -0.361 e. The number of nitrogens with zero attached hydrogens (tertiary/aromatic N) is 3. The number of piperidine rings is 1. The molecule has 1 aromatic heterocycles. The number of hydrogen-bond donors (Lipinski definition) is 0. The van der Waals surface area contributed by atoms with E-state index in [0.717, 1.165) is 50.0 Å². The van der Waals surface area contributed by atoms with Gasteiger partial charge in [-0.1, -0.05) is 35.5 Å². The fraction of sp³-hybridized carbons (Fsp3) is 0.500. The topological polar surface area (TPSA) is 66.7 Å². The van der Waals surface area contributed by atoms with Crippen LogP contribution in [-0.2, 0) is 16.0 Å². The Morgan fingerprint density at radius 2 is 1.82 bits per heavy atom. The molecule has 4 rings (SSSR count). The smallest absolute Gasteiger partial charge is 0.249 e. The average molecular weight is 381 g/mol. The van der Waals surface area contributed by atoms with E-state index >= 15 is 0 Å². The average Bonchev–Trinajstić information content (AvgIpc) is 3.37. The molecule has 2 fully saturated rings. The van der Waals surface area contributed by atoms with Gasteiger partial charge in [-0.3, -0.25) is 9.59 Å². The minimum atomic E-state index is -0.851. The molecule has 2 aliphatic heterocycles. The van der Waals surface area contributed by atoms with Gasteiger partial charge in [-0.05, 0) is 32.1 Å². The maximum absolute atomic E-state index is 13.6. The maximum atomic E-state index is 13.6. The molecule has 0 radical (unpaired) electrons. The van der Waals surface area contributed by atoms with Crippen molar-refractivity contribution in [3.63, 3.8) is 0 Å². The summed E-state index contributed by atoms with van der Waals surface area (Å²) in [6.45, 7) is 3.73. The molecule has 0 N–H and O–H groups in total. The Balaban J connectivity index is 1.64. The van der Waals surface area contributed by atoms with Gasteiger partial charge in [-0.25, -0.2) is 0 Å². The molecule has 1 aromatic carbocycles. The second kappa shape index (κ2) is 7.78. The van der Waals surface area contributed by atoms with Crippen molar-refractivity contribution in [2.45, 2.75) is 51.0 Å². The normalized spacial score (nSPS) is 22.5. The van der Waals surface area contributed by atoms with Crippen molar-refractivity contribution in [1.82, 2.24) is 15.0 Å². The predicted octanol–water partition coefficient (Wildman–Crippen LogP) is 3.28. The molecule has 2 saturated heterocycles. The first-order valence-electron chi connectivity index (χ1n) is 10.2. The van der Waals surface area contributed by atoms with E-state index < -0.39 is 5.54 Å². The van der Waals surface area contributed by atoms with Gasteiger partial charge in [0.1, 0.15) is 17.0 Å². The Hall–Kier alpha value is -2.63. The van der Waals surface area contributed by atoms with Gasteiger partial charge in [0.2, 0.25) is 11.8 Å². The number of likely N-dealkylation sites (tertiary alicyclic amines) is 2. The fourth-order valence-corrected chi connectivity index (χ4v) is 4.64. The zero-order valence-corrected chi connectivity index (χ0v) is 16.4. The number of hydrogen-bond acceptors (Lipinski definition) is 4. The van der Waals surface area contributed by atoms with Crippen LogP contribution < -0.4 is 0 Å². The lowest BCUT2D eigenvalue weighted by atomic mass is 9.87. The zero-order chi connectivity index (χ0) is 19.6. The Morgan fingerprint density at radius 3 is 2.54 bits per heavy atom. The summed E-state index contributed by atoms with van der Waals surface area (Å²) in [5.74, 6) is 0.667. The Kier molecular flexibility index (Phi) is 5.20. The molecule has 0 bridgehead atoms. The highest BCUT2D eigenvalue weighted by Gasteiger charge is 2.51. The van der Waals surface area contributed by atoms with Gasteiger partial charge >= 0.3 is 0 Å². The minimum absolute atomic E-state index is 0.0503. The van der Waals surface area contributed by atoms with Crippen LogP contribution in [0.3, 0.4) is 0 Å². The van der Waals surface area contributed by atoms with Gasteiger partial charge in [0.25, 0.3) is 0 Å². The SMILES string of the molecule is CC(=O)N1CCCC1(Cc1cc(-c2ccccc2)no1)C(=O)N1CCCCC1. The molecule has 2 aliphatic rings. The third kappa shape index (κ3) is 3.43. The van der Waals surface area contributed by atoms with E-state index in [0.29, 0.717) is 25.1 Å². The molecule has 0 aliphatic carbocycles. The van der Waals surface area contributed by atoms with Gasteiger partial charge in [0.05, 0.1) is 0 Å². The molecule has 2 amide bonds. The van der Waals surface area contributed by atoms with E-state index in [4.69, 9.17) is 4.52 Å². The van der Waals surface area contributed by atoms with Crippen LogP contribution in [0.25, 0.3) is 11.3 Å². The standard InChI is InChI=1S/C22H27N3O3/c1-17(26)25-14-8-11-22(25,21(27)24-12-6-3-7-13-24)16-19-15-20(23-28-19)18-9-4-2-5-10-18/h2,4-5,9-10,15H,3,6-8,11-14,16H2,1H3. The summed E-state index contributed by atoms with van der Waals surface area (Å²) in [6, 6.07) is 11.7. The van der Waals surface area contributed by atoms with E-state index in [9.17, 15) is 9.59 Å². The molecule has 2 aromatic rings. The summed E-state index contributed by atoms with van der Waals surface area (Å²) in [6.07, 6.45) is 5.10. The lowest BCUT2D eigenvalue weighted by Gasteiger charge is -2.41. The summed E-state index contributed by atoms with van der Waals surface area (Å²) in [4.78, 5) is 29.7. The first-order chi connectivity index (χ1) is 13.6. The molecule has 28 heavy (non-hydrogen) atoms. The van der Waals surface area contributed by atoms with Gasteiger partial charge in [-0.15, -0.1) is 0 Å². The Morgan fingerprint density at radius 1 is 1.07 bits per heavy atom. The number of amides is 2. The highest BCUT2D eigenvalue weighted by atomic mass is 16.5. The molecule has 148 valence electrons. The van der Waals surface area contributed by atoms with Crippen molar-refractivity contribution in [2.24, 2.45) is 0 Å². The summed E-state index contributed by atoms with van der Waals surface area (Å²) >= 11 is 0. The molecular weight excluding hydrogens is 354 g/mol. The van der Waals surface area contributed by atoms with Crippen molar-refractivity contribution < 1.29 is 14.1 Å². The predicted molar refractivity (Wildman–Crippen MR) is 105 cm³/mol. The van der Waals surface area contributed by atoms with Crippen molar-refractivity contribution >= 4 is 11.8 Å². The first-order valence-corrected chi connectivity index (χ1v) is 10.2. The molecule has 6 nitrogen and oxygen atoms in total. The van der Waals surface area contributed by atoms with Crippen LogP contribution in [0.2, 0.25) is 0 Å². The Labute approximate surface area is 165 Å². The lowest BCUT2D eigenvalue weighted by Crippen LogP contribution is -2.60. The number of aromatic nitrogens is 1. The number of carbonyl (C=O) groups excluding carboxylic acids is 2. The molecule has 3 heterocycles. The second-order valence-electron chi connectivity index (χ2n) is 7.88. The first kappa shape index (κ1) is 18.7. The summed E-state index contributed by atoms with van der Waals surface area (Å²) in [7, 11) is 0. The van der Waals surface area contributed by atoms with E-state index in [2.05, 4.69) is 5.16 Å². The molecule has 1 atom stereocenters. The Bertz CT molecular complexity index is 842.